The van der Waals surface area contributed by atoms with Gasteiger partial charge in [-0.3, -0.25) is 0 Å². The molecule has 138 valence electrons. The maximum absolute atomic E-state index is 6.27. The number of fused-ring (bicyclic) bond motifs is 3. The van der Waals surface area contributed by atoms with Crippen molar-refractivity contribution in [3.8, 4) is 11.4 Å². The summed E-state index contributed by atoms with van der Waals surface area (Å²) in [7, 11) is 0. The lowest BCUT2D eigenvalue weighted by Crippen LogP contribution is -2.20. The summed E-state index contributed by atoms with van der Waals surface area (Å²) in [5.74, 6) is 0.840. The fraction of sp³-hybridized carbons (Fsp3) is 0.250. The predicted octanol–water partition coefficient (Wildman–Crippen LogP) is 6.24. The Morgan fingerprint density at radius 1 is 0.852 bits per heavy atom. The van der Waals surface area contributed by atoms with Gasteiger partial charge in [0.2, 0.25) is 0 Å². The fourth-order valence-electron chi connectivity index (χ4n) is 3.65. The van der Waals surface area contributed by atoms with Crippen molar-refractivity contribution in [1.29, 1.82) is 0 Å². The molecular formula is C24H25NO2. The summed E-state index contributed by atoms with van der Waals surface area (Å²) in [6, 6.07) is 23.4. The Kier molecular flexibility index (Phi) is 4.87. The molecule has 0 amide bonds. The van der Waals surface area contributed by atoms with E-state index in [-0.39, 0.29) is 6.29 Å². The van der Waals surface area contributed by atoms with Gasteiger partial charge in [0.05, 0.1) is 16.7 Å². The van der Waals surface area contributed by atoms with Crippen molar-refractivity contribution in [3.63, 3.8) is 0 Å². The fourth-order valence-corrected chi connectivity index (χ4v) is 3.65. The number of benzene rings is 3. The van der Waals surface area contributed by atoms with Gasteiger partial charge in [-0.2, -0.15) is 0 Å². The second kappa shape index (κ2) is 7.45. The number of ether oxygens (including phenoxy) is 2. The zero-order valence-corrected chi connectivity index (χ0v) is 16.1. The third kappa shape index (κ3) is 3.19. The minimum atomic E-state index is -0.246. The van der Waals surface area contributed by atoms with Crippen LogP contribution < -0.4 is 4.74 Å². The molecule has 0 bridgehead atoms. The number of hydrogen-bond donors (Lipinski definition) is 0. The maximum Gasteiger partial charge on any atom is 0.199 e. The van der Waals surface area contributed by atoms with Crippen LogP contribution in [0.15, 0.2) is 66.7 Å². The number of hydrogen-bond acceptors (Lipinski definition) is 2. The van der Waals surface area contributed by atoms with E-state index in [1.165, 1.54) is 27.4 Å². The lowest BCUT2D eigenvalue weighted by Gasteiger charge is -2.21. The molecule has 1 unspecified atom stereocenters. The highest BCUT2D eigenvalue weighted by Crippen LogP contribution is 2.36. The minimum Gasteiger partial charge on any atom is -0.463 e. The molecule has 0 N–H and O–H groups in total. The summed E-state index contributed by atoms with van der Waals surface area (Å²) in [5.41, 5.74) is 4.60. The molecule has 1 atom stereocenters. The molecule has 0 fully saturated rings. The highest BCUT2D eigenvalue weighted by molar-refractivity contribution is 6.09. The Bertz CT molecular complexity index is 1030. The first-order valence-electron chi connectivity index (χ1n) is 9.60. The zero-order chi connectivity index (χ0) is 18.8. The molecule has 0 aliphatic carbocycles. The van der Waals surface area contributed by atoms with Gasteiger partial charge in [0, 0.05) is 23.8 Å². The lowest BCUT2D eigenvalue weighted by molar-refractivity contribution is -0.0766. The van der Waals surface area contributed by atoms with E-state index in [1.54, 1.807) is 0 Å². The average molecular weight is 359 g/mol. The standard InChI is InChI=1S/C24H25NO2/c1-4-24(26-5-2)27-23-15-14-17(3)16-22(23)25-20-12-8-6-10-18(20)19-11-7-9-13-21(19)25/h6-16,24H,4-5H2,1-3H3. The lowest BCUT2D eigenvalue weighted by atomic mass is 10.2. The highest BCUT2D eigenvalue weighted by atomic mass is 16.7. The number of rotatable bonds is 6. The Morgan fingerprint density at radius 3 is 2.07 bits per heavy atom. The summed E-state index contributed by atoms with van der Waals surface area (Å²) < 4.78 is 14.3. The smallest absolute Gasteiger partial charge is 0.199 e. The summed E-state index contributed by atoms with van der Waals surface area (Å²) in [6.07, 6.45) is 0.554. The summed E-state index contributed by atoms with van der Waals surface area (Å²) >= 11 is 0. The molecule has 1 aromatic heterocycles. The maximum atomic E-state index is 6.27. The zero-order valence-electron chi connectivity index (χ0n) is 16.1. The van der Waals surface area contributed by atoms with E-state index in [9.17, 15) is 0 Å². The van der Waals surface area contributed by atoms with Crippen LogP contribution in [-0.4, -0.2) is 17.5 Å². The Hall–Kier alpha value is -2.78. The number of para-hydroxylation sites is 2. The SMILES string of the molecule is CCOC(CC)Oc1ccc(C)cc1-n1c2ccccc2c2ccccc21. The van der Waals surface area contributed by atoms with Crippen molar-refractivity contribution in [2.45, 2.75) is 33.5 Å². The molecule has 27 heavy (non-hydrogen) atoms. The topological polar surface area (TPSA) is 23.4 Å². The molecule has 1 heterocycles. The molecule has 0 radical (unpaired) electrons. The molecule has 0 saturated carbocycles. The van der Waals surface area contributed by atoms with E-state index in [0.717, 1.165) is 17.9 Å². The van der Waals surface area contributed by atoms with Gasteiger partial charge in [-0.05, 0) is 43.7 Å². The minimum absolute atomic E-state index is 0.246. The van der Waals surface area contributed by atoms with E-state index < -0.39 is 0 Å². The molecular weight excluding hydrogens is 334 g/mol. The molecule has 3 aromatic carbocycles. The van der Waals surface area contributed by atoms with Crippen LogP contribution in [0.2, 0.25) is 0 Å². The molecule has 0 spiro atoms. The van der Waals surface area contributed by atoms with Crippen molar-refractivity contribution < 1.29 is 9.47 Å². The van der Waals surface area contributed by atoms with Crippen molar-refractivity contribution in [1.82, 2.24) is 4.57 Å². The predicted molar refractivity (Wildman–Crippen MR) is 112 cm³/mol. The molecule has 4 rings (SSSR count). The van der Waals surface area contributed by atoms with Crippen LogP contribution in [-0.2, 0) is 4.74 Å². The largest absolute Gasteiger partial charge is 0.463 e. The van der Waals surface area contributed by atoms with Gasteiger partial charge in [0.15, 0.2) is 6.29 Å². The van der Waals surface area contributed by atoms with E-state index >= 15 is 0 Å². The summed E-state index contributed by atoms with van der Waals surface area (Å²) in [6.45, 7) is 6.82. The van der Waals surface area contributed by atoms with E-state index in [1.807, 2.05) is 6.92 Å². The molecule has 3 nitrogen and oxygen atoms in total. The number of aromatic nitrogens is 1. The van der Waals surface area contributed by atoms with Crippen LogP contribution >= 0.6 is 0 Å². The Balaban J connectivity index is 1.97. The van der Waals surface area contributed by atoms with Gasteiger partial charge in [0.25, 0.3) is 0 Å². The van der Waals surface area contributed by atoms with Crippen molar-refractivity contribution >= 4 is 21.8 Å². The Labute approximate surface area is 160 Å². The van der Waals surface area contributed by atoms with Crippen LogP contribution in [0.25, 0.3) is 27.5 Å². The molecule has 0 aliphatic rings. The van der Waals surface area contributed by atoms with Crippen molar-refractivity contribution in [3.05, 3.63) is 72.3 Å². The Morgan fingerprint density at radius 2 is 1.48 bits per heavy atom. The number of aryl methyl sites for hydroxylation is 1. The van der Waals surface area contributed by atoms with Crippen LogP contribution in [0.4, 0.5) is 0 Å². The van der Waals surface area contributed by atoms with Gasteiger partial charge in [-0.1, -0.05) is 49.4 Å². The molecule has 0 aliphatic heterocycles. The third-order valence-electron chi connectivity index (χ3n) is 4.88. The van der Waals surface area contributed by atoms with Crippen molar-refractivity contribution in [2.24, 2.45) is 0 Å². The molecule has 4 aromatic rings. The van der Waals surface area contributed by atoms with Gasteiger partial charge in [0.1, 0.15) is 5.75 Å². The van der Waals surface area contributed by atoms with Crippen molar-refractivity contribution in [2.75, 3.05) is 6.61 Å². The first-order valence-corrected chi connectivity index (χ1v) is 9.60. The quantitative estimate of drug-likeness (QED) is 0.380. The van der Waals surface area contributed by atoms with Gasteiger partial charge >= 0.3 is 0 Å². The summed E-state index contributed by atoms with van der Waals surface area (Å²) in [5, 5.41) is 2.50. The monoisotopic (exact) mass is 359 g/mol. The molecule has 3 heteroatoms. The summed E-state index contributed by atoms with van der Waals surface area (Å²) in [4.78, 5) is 0. The number of nitrogens with zero attached hydrogens (tertiary/aromatic N) is 1. The van der Waals surface area contributed by atoms with Gasteiger partial charge in [-0.15, -0.1) is 0 Å². The van der Waals surface area contributed by atoms with Crippen LogP contribution in [0.3, 0.4) is 0 Å². The average Bonchev–Trinajstić information content (AvgIpc) is 3.03. The van der Waals surface area contributed by atoms with Crippen LogP contribution in [0.5, 0.6) is 5.75 Å². The second-order valence-electron chi connectivity index (χ2n) is 6.75. The third-order valence-corrected chi connectivity index (χ3v) is 4.88. The normalized spacial score (nSPS) is 12.6. The van der Waals surface area contributed by atoms with Crippen LogP contribution in [0, 0.1) is 6.92 Å². The first kappa shape index (κ1) is 17.6. The van der Waals surface area contributed by atoms with E-state index in [0.29, 0.717) is 6.61 Å². The first-order chi connectivity index (χ1) is 13.2. The second-order valence-corrected chi connectivity index (χ2v) is 6.75. The highest BCUT2D eigenvalue weighted by Gasteiger charge is 2.17. The van der Waals surface area contributed by atoms with Gasteiger partial charge in [-0.25, -0.2) is 0 Å². The van der Waals surface area contributed by atoms with Crippen LogP contribution in [0.1, 0.15) is 25.8 Å². The van der Waals surface area contributed by atoms with E-state index in [2.05, 4.69) is 85.1 Å². The van der Waals surface area contributed by atoms with Gasteiger partial charge < -0.3 is 14.0 Å². The molecule has 0 saturated heterocycles. The van der Waals surface area contributed by atoms with E-state index in [4.69, 9.17) is 9.47 Å².